The van der Waals surface area contributed by atoms with E-state index in [-0.39, 0.29) is 83.1 Å². The number of esters is 1. The zero-order chi connectivity index (χ0) is 40.5. The summed E-state index contributed by atoms with van der Waals surface area (Å²) in [5.41, 5.74) is 1.73. The van der Waals surface area contributed by atoms with Gasteiger partial charge in [0.2, 0.25) is 11.8 Å². The van der Waals surface area contributed by atoms with Crippen LogP contribution in [0.15, 0.2) is 42.0 Å². The molecule has 2 fully saturated rings. The number of rotatable bonds is 13. The van der Waals surface area contributed by atoms with Crippen LogP contribution in [0.2, 0.25) is 0 Å². The zero-order valence-corrected chi connectivity index (χ0v) is 33.5. The molecule has 3 heterocycles. The Balaban J connectivity index is 1.01. The third-order valence-electron chi connectivity index (χ3n) is 12.2. The number of cyclic esters (lactones) is 1. The molecule has 1 aromatic carbocycles. The molecule has 5 aliphatic rings. The Bertz CT molecular complexity index is 1800. The van der Waals surface area contributed by atoms with E-state index in [1.54, 1.807) is 18.2 Å². The molecule has 56 heavy (non-hydrogen) atoms. The Morgan fingerprint density at radius 3 is 2.54 bits per heavy atom. The maximum absolute atomic E-state index is 13.6. The summed E-state index contributed by atoms with van der Waals surface area (Å²) in [7, 11) is 0. The molecule has 13 heteroatoms. The number of nitrogens with zero attached hydrogens (tertiary/aromatic N) is 1. The highest BCUT2D eigenvalue weighted by Crippen LogP contribution is 2.45. The molecule has 2 saturated heterocycles. The van der Waals surface area contributed by atoms with Crippen molar-refractivity contribution in [2.75, 3.05) is 18.4 Å². The Kier molecular flexibility index (Phi) is 12.1. The quantitative estimate of drug-likeness (QED) is 0.144. The van der Waals surface area contributed by atoms with Crippen molar-refractivity contribution in [2.45, 2.75) is 124 Å². The number of anilines is 1. The van der Waals surface area contributed by atoms with E-state index in [0.29, 0.717) is 38.0 Å². The predicted molar refractivity (Wildman–Crippen MR) is 208 cm³/mol. The van der Waals surface area contributed by atoms with Crippen LogP contribution in [-0.4, -0.2) is 83.1 Å². The first kappa shape index (κ1) is 41.1. The van der Waals surface area contributed by atoms with Crippen LogP contribution < -0.4 is 16.0 Å². The van der Waals surface area contributed by atoms with Crippen LogP contribution in [-0.2, 0) is 23.9 Å². The summed E-state index contributed by atoms with van der Waals surface area (Å²) in [5, 5.41) is 18.8. The lowest BCUT2D eigenvalue weighted by Crippen LogP contribution is -2.54. The number of imide groups is 2. The van der Waals surface area contributed by atoms with Crippen molar-refractivity contribution < 1.29 is 43.3 Å². The lowest BCUT2D eigenvalue weighted by Gasteiger charge is -2.43. The molecule has 0 saturated carbocycles. The van der Waals surface area contributed by atoms with Gasteiger partial charge in [-0.1, -0.05) is 65.8 Å². The zero-order valence-electron chi connectivity index (χ0n) is 33.5. The highest BCUT2D eigenvalue weighted by molar-refractivity contribution is 6.25. The van der Waals surface area contributed by atoms with Crippen molar-refractivity contribution in [2.24, 2.45) is 34.5 Å². The first-order valence-electron chi connectivity index (χ1n) is 20.2. The van der Waals surface area contributed by atoms with Crippen LogP contribution in [0.1, 0.15) is 120 Å². The average molecular weight is 775 g/mol. The number of carbonyl (C=O) groups excluding carboxylic acids is 6. The fraction of sp³-hybridized carbons (Fsp3) is 0.628. The van der Waals surface area contributed by atoms with Gasteiger partial charge in [0.05, 0.1) is 23.7 Å². The largest absolute Gasteiger partial charge is 0.462 e. The first-order valence-corrected chi connectivity index (χ1v) is 20.2. The molecule has 304 valence electrons. The van der Waals surface area contributed by atoms with Gasteiger partial charge in [0.15, 0.2) is 0 Å². The molecule has 1 aromatic rings. The first-order chi connectivity index (χ1) is 26.4. The molecule has 3 aliphatic heterocycles. The number of hydrogen-bond donors (Lipinski definition) is 4. The number of hydrogen-bond acceptors (Lipinski definition) is 10. The molecule has 2 aliphatic carbocycles. The molecular formula is C43H58N4O9. The highest BCUT2D eigenvalue weighted by atomic mass is 16.6. The maximum Gasteiger partial charge on any atom is 0.407 e. The van der Waals surface area contributed by atoms with Crippen LogP contribution in [0.5, 0.6) is 0 Å². The van der Waals surface area contributed by atoms with Gasteiger partial charge in [-0.2, -0.15) is 0 Å². The Labute approximate surface area is 329 Å². The molecule has 0 spiro atoms. The van der Waals surface area contributed by atoms with Crippen LogP contribution >= 0.6 is 0 Å². The second-order valence-electron chi connectivity index (χ2n) is 18.2. The number of aliphatic hydroxyl groups excluding tert-OH is 1. The van der Waals surface area contributed by atoms with Gasteiger partial charge in [0, 0.05) is 37.5 Å². The normalized spacial score (nSPS) is 29.2. The van der Waals surface area contributed by atoms with E-state index in [0.717, 1.165) is 24.2 Å². The Hall–Kier alpha value is -4.52. The topological polar surface area (TPSA) is 180 Å². The van der Waals surface area contributed by atoms with Gasteiger partial charge < -0.3 is 25.2 Å². The number of ether oxygens (including phenoxy) is 2. The minimum absolute atomic E-state index is 0.0330. The average Bonchev–Trinajstić information content (AvgIpc) is 3.35. The van der Waals surface area contributed by atoms with Gasteiger partial charge in [-0.3, -0.25) is 34.2 Å². The summed E-state index contributed by atoms with van der Waals surface area (Å²) in [5.74, 6) is -1.77. The minimum Gasteiger partial charge on any atom is -0.462 e. The molecule has 4 N–H and O–H groups in total. The van der Waals surface area contributed by atoms with Gasteiger partial charge in [0.1, 0.15) is 18.2 Å². The van der Waals surface area contributed by atoms with E-state index in [9.17, 15) is 33.9 Å². The van der Waals surface area contributed by atoms with Crippen LogP contribution in [0.4, 0.5) is 10.5 Å². The molecule has 6 rings (SSSR count). The van der Waals surface area contributed by atoms with Crippen LogP contribution in [0, 0.1) is 34.5 Å². The molecule has 0 bridgehead atoms. The molecule has 0 radical (unpaired) electrons. The number of carbonyl (C=O) groups is 6. The molecule has 8 atom stereocenters. The fourth-order valence-electron chi connectivity index (χ4n) is 9.76. The molecule has 1 unspecified atom stereocenters. The number of allylic oxidation sites excluding steroid dienone is 3. The number of nitrogens with one attached hydrogen (secondary N) is 3. The Morgan fingerprint density at radius 2 is 1.80 bits per heavy atom. The van der Waals surface area contributed by atoms with Crippen LogP contribution in [0.3, 0.4) is 0 Å². The number of piperidine rings is 1. The maximum atomic E-state index is 13.6. The molecule has 0 aromatic heterocycles. The number of benzene rings is 1. The second kappa shape index (κ2) is 16.5. The highest BCUT2D eigenvalue weighted by Gasteiger charge is 2.46. The van der Waals surface area contributed by atoms with Crippen molar-refractivity contribution in [1.82, 2.24) is 15.5 Å². The predicted octanol–water partition coefficient (Wildman–Crippen LogP) is 5.68. The van der Waals surface area contributed by atoms with Crippen molar-refractivity contribution in [3.63, 3.8) is 0 Å². The number of amides is 5. The lowest BCUT2D eigenvalue weighted by atomic mass is 9.65. The number of fused-ring (bicyclic) bond motifs is 2. The van der Waals surface area contributed by atoms with Gasteiger partial charge in [-0.05, 0) is 84.8 Å². The van der Waals surface area contributed by atoms with E-state index >= 15 is 0 Å². The Morgan fingerprint density at radius 1 is 1.04 bits per heavy atom. The molecule has 13 nitrogen and oxygen atoms in total. The van der Waals surface area contributed by atoms with E-state index in [1.807, 2.05) is 0 Å². The van der Waals surface area contributed by atoms with Crippen molar-refractivity contribution >= 4 is 41.4 Å². The van der Waals surface area contributed by atoms with Gasteiger partial charge in [0.25, 0.3) is 11.8 Å². The van der Waals surface area contributed by atoms with Gasteiger partial charge >= 0.3 is 12.1 Å². The smallest absolute Gasteiger partial charge is 0.407 e. The van der Waals surface area contributed by atoms with Crippen molar-refractivity contribution in [3.8, 4) is 0 Å². The van der Waals surface area contributed by atoms with E-state index in [4.69, 9.17) is 9.47 Å². The second-order valence-corrected chi connectivity index (χ2v) is 18.2. The van der Waals surface area contributed by atoms with Crippen molar-refractivity contribution in [3.05, 3.63) is 53.1 Å². The molecule has 5 amide bonds. The third-order valence-corrected chi connectivity index (χ3v) is 12.2. The third kappa shape index (κ3) is 9.36. The summed E-state index contributed by atoms with van der Waals surface area (Å²) >= 11 is 0. The van der Waals surface area contributed by atoms with E-state index < -0.39 is 41.9 Å². The van der Waals surface area contributed by atoms with Gasteiger partial charge in [-0.25, -0.2) is 4.79 Å². The lowest BCUT2D eigenvalue weighted by molar-refractivity contribution is -0.160. The van der Waals surface area contributed by atoms with E-state index in [2.05, 4.69) is 75.7 Å². The summed E-state index contributed by atoms with van der Waals surface area (Å²) in [6.07, 6.45) is 9.24. The fourth-order valence-corrected chi connectivity index (χ4v) is 9.76. The monoisotopic (exact) mass is 774 g/mol. The summed E-state index contributed by atoms with van der Waals surface area (Å²) in [4.78, 5) is 77.3. The summed E-state index contributed by atoms with van der Waals surface area (Å²) < 4.78 is 11.7. The number of aliphatic hydroxyl groups is 1. The SMILES string of the molecule is C[C@H]1C=C2C=C[C@H](C)[C@H](CC[C@@H]3C[C@@H](O)CC(=O)O3)[C@H]2[C@@H](OC(=O)NCCC(C)(C)CC(C)(C)CNc2cccc3c2C(=O)N(C2CCC(=O)NC2=O)C3=O)C1. The molecular weight excluding hydrogens is 716 g/mol. The van der Waals surface area contributed by atoms with Crippen LogP contribution in [0.25, 0.3) is 0 Å². The standard InChI is InChI=1S/C43H58N4O9/c1-24-18-26-11-10-25(2)29(13-12-28-20-27(48)21-35(50)55-28)36(26)33(19-24)56-41(54)44-17-16-42(3,4)22-43(5,6)23-45-31-9-7-8-30-37(31)40(53)47(39(30)52)32-14-15-34(49)46-38(32)51/h7-11,18,24-25,27-29,32-33,36,45,48H,12-17,19-23H2,1-6H3,(H,44,54)(H,46,49,51)/t24-,25-,27+,28+,29-,32?,33-,36-/m0/s1. The summed E-state index contributed by atoms with van der Waals surface area (Å²) in [6.45, 7) is 13.8. The minimum atomic E-state index is -1.03. The summed E-state index contributed by atoms with van der Waals surface area (Å²) in [6, 6.07) is 4.02. The van der Waals surface area contributed by atoms with Crippen molar-refractivity contribution in [1.29, 1.82) is 0 Å². The van der Waals surface area contributed by atoms with E-state index in [1.165, 1.54) is 5.57 Å². The number of alkyl carbamates (subject to hydrolysis) is 1. The van der Waals surface area contributed by atoms with Gasteiger partial charge in [-0.15, -0.1) is 0 Å².